The molecule has 0 aliphatic carbocycles. The second-order valence-electron chi connectivity index (χ2n) is 6.14. The molecule has 1 amide bonds. The third-order valence-corrected chi connectivity index (χ3v) is 5.28. The average molecular weight is 406 g/mol. The van der Waals surface area contributed by atoms with E-state index >= 15 is 0 Å². The number of carbonyl (C=O) groups is 1. The largest absolute Gasteiger partial charge is 0.475 e. The number of ether oxygens (including phenoxy) is 1. The molecule has 0 bridgehead atoms. The molecule has 29 heavy (non-hydrogen) atoms. The van der Waals surface area contributed by atoms with Crippen molar-refractivity contribution in [1.29, 1.82) is 0 Å². The number of carbonyl (C=O) groups excluding carboxylic acids is 1. The number of aryl methyl sites for hydroxylation is 1. The molecule has 1 aromatic carbocycles. The van der Waals surface area contributed by atoms with Gasteiger partial charge >= 0.3 is 0 Å². The maximum Gasteiger partial charge on any atom is 0.263 e. The Bertz CT molecular complexity index is 1080. The van der Waals surface area contributed by atoms with Crippen molar-refractivity contribution < 1.29 is 13.9 Å². The summed E-state index contributed by atoms with van der Waals surface area (Å²) >= 11 is 1.38. The van der Waals surface area contributed by atoms with Gasteiger partial charge < -0.3 is 14.5 Å². The lowest BCUT2D eigenvalue weighted by Crippen LogP contribution is -2.28. The lowest BCUT2D eigenvalue weighted by Gasteiger charge is -2.06. The highest BCUT2D eigenvalue weighted by Crippen LogP contribution is 2.27. The molecule has 0 fully saturated rings. The Morgan fingerprint density at radius 1 is 1.10 bits per heavy atom. The standard InChI is InChI=1S/C21H18N4O3S/c1-14-19(29-21(23-14)15-6-3-2-4-7-15)20(26)22-11-13-28-18-10-9-16(24-25-18)17-8-5-12-27-17/h2-10,12H,11,13H2,1H3,(H,22,26). The van der Waals surface area contributed by atoms with Crippen molar-refractivity contribution in [3.63, 3.8) is 0 Å². The van der Waals surface area contributed by atoms with Crippen LogP contribution in [0.5, 0.6) is 5.88 Å². The van der Waals surface area contributed by atoms with Crippen molar-refractivity contribution in [1.82, 2.24) is 20.5 Å². The molecule has 0 aliphatic rings. The highest BCUT2D eigenvalue weighted by atomic mass is 32.1. The summed E-state index contributed by atoms with van der Waals surface area (Å²) in [5, 5.41) is 11.8. The molecular weight excluding hydrogens is 388 g/mol. The van der Waals surface area contributed by atoms with E-state index in [4.69, 9.17) is 9.15 Å². The second kappa shape index (κ2) is 8.66. The van der Waals surface area contributed by atoms with Crippen molar-refractivity contribution in [2.24, 2.45) is 0 Å². The Balaban J connectivity index is 1.29. The van der Waals surface area contributed by atoms with E-state index < -0.39 is 0 Å². The highest BCUT2D eigenvalue weighted by Gasteiger charge is 2.15. The number of nitrogens with one attached hydrogen (secondary N) is 1. The molecule has 8 heteroatoms. The SMILES string of the molecule is Cc1nc(-c2ccccc2)sc1C(=O)NCCOc1ccc(-c2ccco2)nn1. The molecule has 0 spiro atoms. The van der Waals surface area contributed by atoms with Gasteiger partial charge in [0.1, 0.15) is 22.2 Å². The first-order valence-electron chi connectivity index (χ1n) is 9.02. The number of hydrogen-bond donors (Lipinski definition) is 1. The first-order chi connectivity index (χ1) is 14.2. The maximum absolute atomic E-state index is 12.5. The first-order valence-corrected chi connectivity index (χ1v) is 9.84. The van der Waals surface area contributed by atoms with E-state index in [1.54, 1.807) is 24.5 Å². The van der Waals surface area contributed by atoms with Crippen molar-refractivity contribution in [3.8, 4) is 27.9 Å². The van der Waals surface area contributed by atoms with Crippen LogP contribution in [-0.4, -0.2) is 34.2 Å². The number of furan rings is 1. The molecule has 4 aromatic rings. The maximum atomic E-state index is 12.5. The first kappa shape index (κ1) is 18.8. The molecule has 0 saturated carbocycles. The molecule has 0 atom stereocenters. The van der Waals surface area contributed by atoms with Crippen molar-refractivity contribution in [2.75, 3.05) is 13.2 Å². The van der Waals surface area contributed by atoms with E-state index in [2.05, 4.69) is 20.5 Å². The zero-order valence-corrected chi connectivity index (χ0v) is 16.5. The van der Waals surface area contributed by atoms with Crippen molar-refractivity contribution in [3.05, 3.63) is 71.4 Å². The molecule has 7 nitrogen and oxygen atoms in total. The van der Waals surface area contributed by atoms with Crippen LogP contribution in [0.2, 0.25) is 0 Å². The van der Waals surface area contributed by atoms with Gasteiger partial charge in [-0.1, -0.05) is 30.3 Å². The Labute approximate surface area is 171 Å². The Morgan fingerprint density at radius 2 is 1.97 bits per heavy atom. The molecule has 0 aliphatic heterocycles. The van der Waals surface area contributed by atoms with Gasteiger partial charge in [0.15, 0.2) is 5.76 Å². The number of rotatable bonds is 7. The number of benzene rings is 1. The predicted molar refractivity (Wildman–Crippen MR) is 110 cm³/mol. The molecule has 0 saturated heterocycles. The summed E-state index contributed by atoms with van der Waals surface area (Å²) < 4.78 is 10.8. The van der Waals surface area contributed by atoms with Crippen LogP contribution < -0.4 is 10.1 Å². The molecule has 0 unspecified atom stereocenters. The van der Waals surface area contributed by atoms with Gasteiger partial charge in [-0.05, 0) is 25.1 Å². The van der Waals surface area contributed by atoms with Crippen LogP contribution in [0.15, 0.2) is 65.3 Å². The molecular formula is C21H18N4O3S. The zero-order chi connectivity index (χ0) is 20.1. The molecule has 0 radical (unpaired) electrons. The van der Waals surface area contributed by atoms with Crippen molar-refractivity contribution in [2.45, 2.75) is 6.92 Å². The minimum Gasteiger partial charge on any atom is -0.475 e. The molecule has 4 rings (SSSR count). The smallest absolute Gasteiger partial charge is 0.263 e. The topological polar surface area (TPSA) is 90.1 Å². The quantitative estimate of drug-likeness (QED) is 0.467. The summed E-state index contributed by atoms with van der Waals surface area (Å²) in [6.45, 7) is 2.47. The number of thiazole rings is 1. The predicted octanol–water partition coefficient (Wildman–Crippen LogP) is 3.98. The van der Waals surface area contributed by atoms with E-state index in [1.807, 2.05) is 43.3 Å². The summed E-state index contributed by atoms with van der Waals surface area (Å²) in [7, 11) is 0. The number of amides is 1. The average Bonchev–Trinajstić information content (AvgIpc) is 3.42. The Kier molecular flexibility index (Phi) is 5.62. The van der Waals surface area contributed by atoms with Crippen LogP contribution >= 0.6 is 11.3 Å². The molecule has 146 valence electrons. The Morgan fingerprint density at radius 3 is 2.69 bits per heavy atom. The fourth-order valence-electron chi connectivity index (χ4n) is 2.66. The molecule has 3 heterocycles. The van der Waals surface area contributed by atoms with Gasteiger partial charge in [0.05, 0.1) is 18.5 Å². The van der Waals surface area contributed by atoms with Crippen molar-refractivity contribution >= 4 is 17.2 Å². The van der Waals surface area contributed by atoms with Crippen LogP contribution in [0.3, 0.4) is 0 Å². The van der Waals surface area contributed by atoms with Crippen LogP contribution in [0.1, 0.15) is 15.4 Å². The zero-order valence-electron chi connectivity index (χ0n) is 15.7. The van der Waals surface area contributed by atoms with E-state index in [0.717, 1.165) is 10.6 Å². The van der Waals surface area contributed by atoms with Gasteiger partial charge in [-0.2, -0.15) is 0 Å². The molecule has 3 aromatic heterocycles. The summed E-state index contributed by atoms with van der Waals surface area (Å²) in [5.41, 5.74) is 2.34. The highest BCUT2D eigenvalue weighted by molar-refractivity contribution is 7.17. The number of hydrogen-bond acceptors (Lipinski definition) is 7. The Hall–Kier alpha value is -3.52. The van der Waals surface area contributed by atoms with E-state index in [0.29, 0.717) is 34.4 Å². The van der Waals surface area contributed by atoms with Gasteiger partial charge in [0.2, 0.25) is 5.88 Å². The lowest BCUT2D eigenvalue weighted by atomic mass is 10.2. The number of aromatic nitrogens is 3. The van der Waals surface area contributed by atoms with Gasteiger partial charge in [-0.15, -0.1) is 21.5 Å². The van der Waals surface area contributed by atoms with E-state index in [-0.39, 0.29) is 12.5 Å². The third-order valence-electron chi connectivity index (χ3n) is 4.07. The van der Waals surface area contributed by atoms with Gasteiger partial charge in [0, 0.05) is 11.6 Å². The van der Waals surface area contributed by atoms with Crippen LogP contribution in [0, 0.1) is 6.92 Å². The summed E-state index contributed by atoms with van der Waals surface area (Å²) in [5.74, 6) is 0.867. The van der Waals surface area contributed by atoms with E-state index in [1.165, 1.54) is 11.3 Å². The fourth-order valence-corrected chi connectivity index (χ4v) is 3.65. The summed E-state index contributed by atoms with van der Waals surface area (Å²) in [4.78, 5) is 17.6. The van der Waals surface area contributed by atoms with Crippen LogP contribution in [-0.2, 0) is 0 Å². The van der Waals surface area contributed by atoms with Crippen LogP contribution in [0.25, 0.3) is 22.0 Å². The van der Waals surface area contributed by atoms with Gasteiger partial charge in [-0.3, -0.25) is 4.79 Å². The van der Waals surface area contributed by atoms with Gasteiger partial charge in [-0.25, -0.2) is 4.98 Å². The van der Waals surface area contributed by atoms with Crippen LogP contribution in [0.4, 0.5) is 0 Å². The van der Waals surface area contributed by atoms with E-state index in [9.17, 15) is 4.79 Å². The summed E-state index contributed by atoms with van der Waals surface area (Å²) in [6.07, 6.45) is 1.58. The second-order valence-corrected chi connectivity index (χ2v) is 7.14. The normalized spacial score (nSPS) is 10.7. The lowest BCUT2D eigenvalue weighted by molar-refractivity contribution is 0.0949. The van der Waals surface area contributed by atoms with Gasteiger partial charge in [0.25, 0.3) is 5.91 Å². The minimum atomic E-state index is -0.162. The number of nitrogens with zero attached hydrogens (tertiary/aromatic N) is 3. The summed E-state index contributed by atoms with van der Waals surface area (Å²) in [6, 6.07) is 16.9. The minimum absolute atomic E-state index is 0.162. The third kappa shape index (κ3) is 4.49. The molecule has 1 N–H and O–H groups in total. The monoisotopic (exact) mass is 406 g/mol. The fraction of sp³-hybridized carbons (Fsp3) is 0.143.